The van der Waals surface area contributed by atoms with Gasteiger partial charge in [-0.15, -0.1) is 0 Å². The molecule has 2 atom stereocenters. The van der Waals surface area contributed by atoms with Gasteiger partial charge in [-0.1, -0.05) is 0 Å². The Balaban J connectivity index is 2.07. The number of benzene rings is 1. The Morgan fingerprint density at radius 3 is 2.63 bits per heavy atom. The van der Waals surface area contributed by atoms with Crippen LogP contribution in [0.15, 0.2) is 18.2 Å². The zero-order valence-electron chi connectivity index (χ0n) is 11.7. The van der Waals surface area contributed by atoms with Crippen LogP contribution in [0.3, 0.4) is 0 Å². The lowest BCUT2D eigenvalue weighted by Crippen LogP contribution is -2.38. The minimum atomic E-state index is 0.118. The third kappa shape index (κ3) is 3.61. The van der Waals surface area contributed by atoms with Crippen LogP contribution >= 0.6 is 0 Å². The molecule has 0 aliphatic carbocycles. The quantitative estimate of drug-likeness (QED) is 0.878. The standard InChI is InChI=1S/C15H23NO3/c1-11(13-6-14(17)8-15(18)7-13)16-5-3-4-12(9-16)10-19-2/h6-8,11-12,17-18H,3-5,9-10H2,1-2H3. The summed E-state index contributed by atoms with van der Waals surface area (Å²) in [6, 6.07) is 5.01. The number of ether oxygens (including phenoxy) is 1. The molecule has 0 amide bonds. The Morgan fingerprint density at radius 1 is 1.32 bits per heavy atom. The fourth-order valence-electron chi connectivity index (χ4n) is 2.89. The van der Waals surface area contributed by atoms with Gasteiger partial charge < -0.3 is 14.9 Å². The number of nitrogens with zero attached hydrogens (tertiary/aromatic N) is 1. The molecule has 0 aromatic heterocycles. The van der Waals surface area contributed by atoms with Crippen molar-refractivity contribution in [2.75, 3.05) is 26.8 Å². The molecule has 1 aromatic carbocycles. The van der Waals surface area contributed by atoms with Gasteiger partial charge in [-0.2, -0.15) is 0 Å². The minimum Gasteiger partial charge on any atom is -0.508 e. The Labute approximate surface area is 114 Å². The molecule has 1 heterocycles. The molecule has 0 saturated carbocycles. The van der Waals surface area contributed by atoms with E-state index in [1.54, 1.807) is 19.2 Å². The molecular weight excluding hydrogens is 242 g/mol. The van der Waals surface area contributed by atoms with Crippen LogP contribution < -0.4 is 0 Å². The lowest BCUT2D eigenvalue weighted by Gasteiger charge is -2.36. The summed E-state index contributed by atoms with van der Waals surface area (Å²) in [6.07, 6.45) is 2.38. The first-order chi connectivity index (χ1) is 9.10. The maximum atomic E-state index is 9.58. The summed E-state index contributed by atoms with van der Waals surface area (Å²) in [6.45, 7) is 4.97. The second-order valence-electron chi connectivity index (χ2n) is 5.42. The second-order valence-corrected chi connectivity index (χ2v) is 5.42. The predicted octanol–water partition coefficient (Wildman–Crippen LogP) is 2.52. The molecule has 2 N–H and O–H groups in total. The minimum absolute atomic E-state index is 0.118. The highest BCUT2D eigenvalue weighted by molar-refractivity contribution is 5.38. The van der Waals surface area contributed by atoms with E-state index in [9.17, 15) is 10.2 Å². The summed E-state index contributed by atoms with van der Waals surface area (Å²) in [4.78, 5) is 2.39. The first-order valence-electron chi connectivity index (χ1n) is 6.86. The Morgan fingerprint density at radius 2 is 2.00 bits per heavy atom. The smallest absolute Gasteiger partial charge is 0.119 e. The molecule has 106 valence electrons. The van der Waals surface area contributed by atoms with Crippen molar-refractivity contribution in [3.05, 3.63) is 23.8 Å². The summed E-state index contributed by atoms with van der Waals surface area (Å²) < 4.78 is 5.25. The van der Waals surface area contributed by atoms with Gasteiger partial charge in [0.2, 0.25) is 0 Å². The first kappa shape index (κ1) is 14.2. The van der Waals surface area contributed by atoms with Gasteiger partial charge in [-0.05, 0) is 49.9 Å². The normalized spacial score (nSPS) is 22.3. The molecule has 4 nitrogen and oxygen atoms in total. The van der Waals surface area contributed by atoms with E-state index in [2.05, 4.69) is 11.8 Å². The maximum Gasteiger partial charge on any atom is 0.119 e. The van der Waals surface area contributed by atoms with Gasteiger partial charge >= 0.3 is 0 Å². The molecule has 2 unspecified atom stereocenters. The van der Waals surface area contributed by atoms with Crippen LogP contribution in [0.1, 0.15) is 31.4 Å². The first-order valence-corrected chi connectivity index (χ1v) is 6.86. The number of methoxy groups -OCH3 is 1. The van der Waals surface area contributed by atoms with E-state index in [0.717, 1.165) is 25.3 Å². The number of aromatic hydroxyl groups is 2. The Hall–Kier alpha value is -1.26. The Kier molecular flexibility index (Phi) is 4.66. The van der Waals surface area contributed by atoms with E-state index >= 15 is 0 Å². The van der Waals surface area contributed by atoms with Crippen LogP contribution in [0.5, 0.6) is 11.5 Å². The molecule has 0 spiro atoms. The fourth-order valence-corrected chi connectivity index (χ4v) is 2.89. The third-order valence-corrected chi connectivity index (χ3v) is 3.91. The van der Waals surface area contributed by atoms with Crippen LogP contribution in [0, 0.1) is 5.92 Å². The average Bonchev–Trinajstić information content (AvgIpc) is 2.37. The van der Waals surface area contributed by atoms with Crippen molar-refractivity contribution in [2.45, 2.75) is 25.8 Å². The van der Waals surface area contributed by atoms with Crippen LogP contribution in [-0.2, 0) is 4.74 Å². The maximum absolute atomic E-state index is 9.58. The predicted molar refractivity (Wildman–Crippen MR) is 74.4 cm³/mol. The monoisotopic (exact) mass is 265 g/mol. The number of phenols is 2. The van der Waals surface area contributed by atoms with E-state index < -0.39 is 0 Å². The molecule has 1 aromatic rings. The number of piperidine rings is 1. The molecule has 0 bridgehead atoms. The van der Waals surface area contributed by atoms with Gasteiger partial charge in [0, 0.05) is 25.8 Å². The van der Waals surface area contributed by atoms with Crippen LogP contribution in [-0.4, -0.2) is 41.9 Å². The number of hydrogen-bond acceptors (Lipinski definition) is 4. The number of hydrogen-bond donors (Lipinski definition) is 2. The Bertz CT molecular complexity index is 400. The van der Waals surface area contributed by atoms with Gasteiger partial charge in [0.15, 0.2) is 0 Å². The van der Waals surface area contributed by atoms with E-state index in [-0.39, 0.29) is 17.5 Å². The van der Waals surface area contributed by atoms with E-state index in [1.165, 1.54) is 18.9 Å². The largest absolute Gasteiger partial charge is 0.508 e. The van der Waals surface area contributed by atoms with Crippen molar-refractivity contribution in [3.8, 4) is 11.5 Å². The molecule has 1 saturated heterocycles. The van der Waals surface area contributed by atoms with Gasteiger partial charge in [0.25, 0.3) is 0 Å². The molecular formula is C15H23NO3. The zero-order valence-corrected chi connectivity index (χ0v) is 11.7. The summed E-state index contributed by atoms with van der Waals surface area (Å²) in [5, 5.41) is 19.2. The zero-order chi connectivity index (χ0) is 13.8. The summed E-state index contributed by atoms with van der Waals surface area (Å²) in [5.41, 5.74) is 0.954. The highest BCUT2D eigenvalue weighted by Gasteiger charge is 2.24. The lowest BCUT2D eigenvalue weighted by atomic mass is 9.96. The van der Waals surface area contributed by atoms with Crippen molar-refractivity contribution < 1.29 is 14.9 Å². The van der Waals surface area contributed by atoms with Gasteiger partial charge in [-0.3, -0.25) is 4.90 Å². The van der Waals surface area contributed by atoms with E-state index in [1.807, 2.05) is 0 Å². The van der Waals surface area contributed by atoms with Crippen molar-refractivity contribution in [1.82, 2.24) is 4.90 Å². The third-order valence-electron chi connectivity index (χ3n) is 3.91. The average molecular weight is 265 g/mol. The highest BCUT2D eigenvalue weighted by atomic mass is 16.5. The number of likely N-dealkylation sites (tertiary alicyclic amines) is 1. The lowest BCUT2D eigenvalue weighted by molar-refractivity contribution is 0.0720. The topological polar surface area (TPSA) is 52.9 Å². The molecule has 0 radical (unpaired) electrons. The van der Waals surface area contributed by atoms with Crippen LogP contribution in [0.2, 0.25) is 0 Å². The highest BCUT2D eigenvalue weighted by Crippen LogP contribution is 2.30. The second kappa shape index (κ2) is 6.26. The van der Waals surface area contributed by atoms with Gasteiger partial charge in [0.1, 0.15) is 11.5 Å². The summed E-state index contributed by atoms with van der Waals surface area (Å²) in [5.74, 6) is 0.812. The molecule has 1 fully saturated rings. The number of phenolic OH excluding ortho intramolecular Hbond substituents is 2. The molecule has 1 aliphatic heterocycles. The molecule has 1 aliphatic rings. The van der Waals surface area contributed by atoms with Crippen molar-refractivity contribution in [2.24, 2.45) is 5.92 Å². The van der Waals surface area contributed by atoms with Crippen molar-refractivity contribution >= 4 is 0 Å². The molecule has 2 rings (SSSR count). The van der Waals surface area contributed by atoms with E-state index in [0.29, 0.717) is 5.92 Å². The van der Waals surface area contributed by atoms with Crippen LogP contribution in [0.25, 0.3) is 0 Å². The van der Waals surface area contributed by atoms with E-state index in [4.69, 9.17) is 4.74 Å². The van der Waals surface area contributed by atoms with Crippen molar-refractivity contribution in [3.63, 3.8) is 0 Å². The summed E-state index contributed by atoms with van der Waals surface area (Å²) in [7, 11) is 1.75. The van der Waals surface area contributed by atoms with Gasteiger partial charge in [-0.25, -0.2) is 0 Å². The van der Waals surface area contributed by atoms with Crippen LogP contribution in [0.4, 0.5) is 0 Å². The molecule has 4 heteroatoms. The van der Waals surface area contributed by atoms with Crippen molar-refractivity contribution in [1.29, 1.82) is 0 Å². The number of rotatable bonds is 4. The summed E-state index contributed by atoms with van der Waals surface area (Å²) >= 11 is 0. The molecule has 19 heavy (non-hydrogen) atoms. The van der Waals surface area contributed by atoms with Gasteiger partial charge in [0.05, 0.1) is 6.61 Å². The SMILES string of the molecule is COCC1CCCN(C(C)c2cc(O)cc(O)c2)C1. The fraction of sp³-hybridized carbons (Fsp3) is 0.600.